The van der Waals surface area contributed by atoms with Crippen LogP contribution in [0.25, 0.3) is 0 Å². The Kier molecular flexibility index (Phi) is 7.20. The maximum atomic E-state index is 12.0. The fourth-order valence-corrected chi connectivity index (χ4v) is 2.64. The predicted molar refractivity (Wildman–Crippen MR) is 103 cm³/mol. The molecule has 0 atom stereocenters. The molecular formula is C21H26N2O2. The zero-order valence-corrected chi connectivity index (χ0v) is 15.0. The Hall–Kier alpha value is -2.62. The molecule has 25 heavy (non-hydrogen) atoms. The van der Waals surface area contributed by atoms with Crippen LogP contribution in [0.4, 0.5) is 11.4 Å². The van der Waals surface area contributed by atoms with Crippen LogP contribution in [-0.4, -0.2) is 11.8 Å². The average Bonchev–Trinajstić information content (AvgIpc) is 2.59. The van der Waals surface area contributed by atoms with Crippen molar-refractivity contribution < 1.29 is 9.59 Å². The van der Waals surface area contributed by atoms with Crippen molar-refractivity contribution in [2.45, 2.75) is 46.0 Å². The highest BCUT2D eigenvalue weighted by Gasteiger charge is 2.10. The molecule has 2 rings (SSSR count). The summed E-state index contributed by atoms with van der Waals surface area (Å²) in [6.45, 7) is 4.26. The first-order valence-electron chi connectivity index (χ1n) is 8.88. The highest BCUT2D eigenvalue weighted by molar-refractivity contribution is 6.08. The molecule has 0 unspecified atom stereocenters. The number of rotatable bonds is 8. The number of anilines is 2. The smallest absolute Gasteiger partial charge is 0.233 e. The van der Waals surface area contributed by atoms with Crippen LogP contribution in [0.3, 0.4) is 0 Å². The quantitative estimate of drug-likeness (QED) is 0.693. The molecule has 0 radical (unpaired) electrons. The summed E-state index contributed by atoms with van der Waals surface area (Å²) in [4.78, 5) is 24.0. The van der Waals surface area contributed by atoms with E-state index in [1.807, 2.05) is 48.5 Å². The lowest BCUT2D eigenvalue weighted by molar-refractivity contribution is -0.123. The maximum Gasteiger partial charge on any atom is 0.233 e. The molecule has 2 N–H and O–H groups in total. The fourth-order valence-electron chi connectivity index (χ4n) is 2.64. The monoisotopic (exact) mass is 338 g/mol. The SMILES string of the molecule is CCCc1ccc(NC(=O)CC(=O)Nc2ccc(CCC)cc2)cc1. The molecule has 0 spiro atoms. The summed E-state index contributed by atoms with van der Waals surface area (Å²) in [6, 6.07) is 15.5. The Morgan fingerprint density at radius 1 is 0.680 bits per heavy atom. The minimum absolute atomic E-state index is 0.201. The third kappa shape index (κ3) is 6.42. The predicted octanol–water partition coefficient (Wildman–Crippen LogP) is 4.56. The molecule has 0 aliphatic rings. The lowest BCUT2D eigenvalue weighted by Crippen LogP contribution is -2.21. The average molecular weight is 338 g/mol. The van der Waals surface area contributed by atoms with Gasteiger partial charge in [-0.25, -0.2) is 0 Å². The summed E-state index contributed by atoms with van der Waals surface area (Å²) in [7, 11) is 0. The van der Waals surface area contributed by atoms with Crippen LogP contribution in [0.1, 0.15) is 44.2 Å². The van der Waals surface area contributed by atoms with E-state index in [1.54, 1.807) is 0 Å². The summed E-state index contributed by atoms with van der Waals surface area (Å²) in [5, 5.41) is 5.51. The summed E-state index contributed by atoms with van der Waals surface area (Å²) in [5.41, 5.74) is 3.90. The van der Waals surface area contributed by atoms with Crippen molar-refractivity contribution in [2.24, 2.45) is 0 Å². The van der Waals surface area contributed by atoms with Crippen molar-refractivity contribution in [3.63, 3.8) is 0 Å². The largest absolute Gasteiger partial charge is 0.326 e. The Balaban J connectivity index is 1.82. The normalized spacial score (nSPS) is 10.3. The van der Waals surface area contributed by atoms with Gasteiger partial charge in [0.1, 0.15) is 6.42 Å². The van der Waals surface area contributed by atoms with Gasteiger partial charge in [-0.1, -0.05) is 51.0 Å². The number of carbonyl (C=O) groups excluding carboxylic acids is 2. The third-order valence-electron chi connectivity index (χ3n) is 3.87. The van der Waals surface area contributed by atoms with Crippen LogP contribution in [0.5, 0.6) is 0 Å². The number of amides is 2. The number of hydrogen-bond donors (Lipinski definition) is 2. The van der Waals surface area contributed by atoms with Crippen LogP contribution >= 0.6 is 0 Å². The number of hydrogen-bond acceptors (Lipinski definition) is 2. The Morgan fingerprint density at radius 2 is 1.04 bits per heavy atom. The first-order valence-corrected chi connectivity index (χ1v) is 8.88. The summed E-state index contributed by atoms with van der Waals surface area (Å²) in [6.07, 6.45) is 4.02. The molecule has 0 heterocycles. The molecule has 4 nitrogen and oxygen atoms in total. The zero-order chi connectivity index (χ0) is 18.1. The number of aryl methyl sites for hydroxylation is 2. The second kappa shape index (κ2) is 9.62. The van der Waals surface area contributed by atoms with E-state index in [0.29, 0.717) is 11.4 Å². The van der Waals surface area contributed by atoms with Gasteiger partial charge in [-0.15, -0.1) is 0 Å². The molecule has 0 saturated carbocycles. The van der Waals surface area contributed by atoms with Crippen molar-refractivity contribution in [1.29, 1.82) is 0 Å². The molecule has 0 aliphatic carbocycles. The summed E-state index contributed by atoms with van der Waals surface area (Å²) < 4.78 is 0. The van der Waals surface area contributed by atoms with E-state index < -0.39 is 0 Å². The second-order valence-corrected chi connectivity index (χ2v) is 6.17. The molecule has 2 amide bonds. The standard InChI is InChI=1S/C21H26N2O2/c1-3-5-16-7-11-18(12-8-16)22-20(24)15-21(25)23-19-13-9-17(6-4-2)10-14-19/h7-14H,3-6,15H2,1-2H3,(H,22,24)(H,23,25). The number of carbonyl (C=O) groups is 2. The molecule has 2 aromatic rings. The molecule has 0 bridgehead atoms. The van der Waals surface area contributed by atoms with Gasteiger partial charge >= 0.3 is 0 Å². The maximum absolute atomic E-state index is 12.0. The molecule has 0 fully saturated rings. The first-order chi connectivity index (χ1) is 12.1. The van der Waals surface area contributed by atoms with Gasteiger partial charge in [-0.05, 0) is 48.2 Å². The van der Waals surface area contributed by atoms with Crippen LogP contribution in [0.2, 0.25) is 0 Å². The summed E-state index contributed by atoms with van der Waals surface area (Å²) >= 11 is 0. The lowest BCUT2D eigenvalue weighted by atomic mass is 10.1. The molecule has 2 aromatic carbocycles. The molecule has 0 saturated heterocycles. The second-order valence-electron chi connectivity index (χ2n) is 6.17. The highest BCUT2D eigenvalue weighted by atomic mass is 16.2. The minimum Gasteiger partial charge on any atom is -0.326 e. The van der Waals surface area contributed by atoms with Crippen LogP contribution in [0.15, 0.2) is 48.5 Å². The molecular weight excluding hydrogens is 312 g/mol. The van der Waals surface area contributed by atoms with Gasteiger partial charge in [0, 0.05) is 11.4 Å². The lowest BCUT2D eigenvalue weighted by Gasteiger charge is -2.08. The van der Waals surface area contributed by atoms with Gasteiger partial charge in [0.2, 0.25) is 11.8 Å². The van der Waals surface area contributed by atoms with E-state index in [9.17, 15) is 9.59 Å². The topological polar surface area (TPSA) is 58.2 Å². The molecule has 0 aromatic heterocycles. The van der Waals surface area contributed by atoms with Crippen molar-refractivity contribution >= 4 is 23.2 Å². The van der Waals surface area contributed by atoms with Crippen molar-refractivity contribution in [3.8, 4) is 0 Å². The van der Waals surface area contributed by atoms with Crippen LogP contribution in [0, 0.1) is 0 Å². The molecule has 4 heteroatoms. The first kappa shape index (κ1) is 18.7. The van der Waals surface area contributed by atoms with Crippen LogP contribution < -0.4 is 10.6 Å². The number of benzene rings is 2. The van der Waals surface area contributed by atoms with Gasteiger partial charge in [-0.2, -0.15) is 0 Å². The van der Waals surface area contributed by atoms with Gasteiger partial charge in [0.15, 0.2) is 0 Å². The Labute approximate surface area is 149 Å². The van der Waals surface area contributed by atoms with Gasteiger partial charge < -0.3 is 10.6 Å². The van der Waals surface area contributed by atoms with Gasteiger partial charge in [0.05, 0.1) is 0 Å². The van der Waals surface area contributed by atoms with Crippen molar-refractivity contribution in [1.82, 2.24) is 0 Å². The van der Waals surface area contributed by atoms with Crippen molar-refractivity contribution in [3.05, 3.63) is 59.7 Å². The van der Waals surface area contributed by atoms with E-state index >= 15 is 0 Å². The third-order valence-corrected chi connectivity index (χ3v) is 3.87. The zero-order valence-electron chi connectivity index (χ0n) is 15.0. The summed E-state index contributed by atoms with van der Waals surface area (Å²) in [5.74, 6) is -0.633. The van der Waals surface area contributed by atoms with E-state index in [0.717, 1.165) is 25.7 Å². The van der Waals surface area contributed by atoms with Gasteiger partial charge in [0.25, 0.3) is 0 Å². The number of nitrogens with one attached hydrogen (secondary N) is 2. The highest BCUT2D eigenvalue weighted by Crippen LogP contribution is 2.13. The molecule has 132 valence electrons. The van der Waals surface area contributed by atoms with E-state index in [1.165, 1.54) is 11.1 Å². The van der Waals surface area contributed by atoms with E-state index in [4.69, 9.17) is 0 Å². The van der Waals surface area contributed by atoms with Crippen LogP contribution in [-0.2, 0) is 22.4 Å². The minimum atomic E-state index is -0.316. The van der Waals surface area contributed by atoms with Gasteiger partial charge in [-0.3, -0.25) is 9.59 Å². The van der Waals surface area contributed by atoms with Crippen molar-refractivity contribution in [2.75, 3.05) is 10.6 Å². The Bertz CT molecular complexity index is 629. The Morgan fingerprint density at radius 3 is 1.36 bits per heavy atom. The van der Waals surface area contributed by atoms with E-state index in [-0.39, 0.29) is 18.2 Å². The fraction of sp³-hybridized carbons (Fsp3) is 0.333. The molecule has 0 aliphatic heterocycles. The van der Waals surface area contributed by atoms with E-state index in [2.05, 4.69) is 24.5 Å².